The van der Waals surface area contributed by atoms with Gasteiger partial charge < -0.3 is 14.6 Å². The molecule has 2 aliphatic rings. The predicted octanol–water partition coefficient (Wildman–Crippen LogP) is 2.35. The van der Waals surface area contributed by atoms with Crippen molar-refractivity contribution in [3.8, 4) is 0 Å². The summed E-state index contributed by atoms with van der Waals surface area (Å²) in [6, 6.07) is 0.419. The van der Waals surface area contributed by atoms with Crippen LogP contribution in [-0.2, 0) is 9.31 Å². The van der Waals surface area contributed by atoms with Gasteiger partial charge in [0, 0.05) is 6.04 Å². The van der Waals surface area contributed by atoms with Gasteiger partial charge in [0.1, 0.15) is 0 Å². The smallest absolute Gasteiger partial charge is 0.400 e. The van der Waals surface area contributed by atoms with Crippen molar-refractivity contribution < 1.29 is 9.31 Å². The van der Waals surface area contributed by atoms with E-state index in [2.05, 4.69) is 46.0 Å². The van der Waals surface area contributed by atoms with Gasteiger partial charge in [-0.25, -0.2) is 0 Å². The minimum Gasteiger partial charge on any atom is -0.400 e. The van der Waals surface area contributed by atoms with Gasteiger partial charge in [-0.3, -0.25) is 0 Å². The second kappa shape index (κ2) is 4.92. The molecule has 1 fully saturated rings. The molecule has 17 heavy (non-hydrogen) atoms. The van der Waals surface area contributed by atoms with Crippen molar-refractivity contribution in [1.82, 2.24) is 5.32 Å². The Balaban J connectivity index is 0.00000144. The average molecular weight is 260 g/mol. The summed E-state index contributed by atoms with van der Waals surface area (Å²) in [5, 5.41) is 3.39. The Labute approximate surface area is 111 Å². The van der Waals surface area contributed by atoms with Gasteiger partial charge in [0.15, 0.2) is 0 Å². The van der Waals surface area contributed by atoms with E-state index < -0.39 is 0 Å². The quantitative estimate of drug-likeness (QED) is 0.733. The molecule has 0 amide bonds. The third-order valence-electron chi connectivity index (χ3n) is 3.90. The largest absolute Gasteiger partial charge is 0.490 e. The Kier molecular flexibility index (Phi) is 4.35. The van der Waals surface area contributed by atoms with E-state index in [-0.39, 0.29) is 30.7 Å². The maximum Gasteiger partial charge on any atom is 0.490 e. The molecule has 2 aliphatic heterocycles. The standard InChI is InChI=1S/C12H22BNO2.ClH/c1-9-8-10(6-7-14-9)13-15-11(2,3)12(4,5)16-13;/h8-9,14H,6-7H2,1-5H3;1H/t9-;/m1./s1. The van der Waals surface area contributed by atoms with Crippen LogP contribution in [0.2, 0.25) is 0 Å². The Morgan fingerprint density at radius 2 is 1.76 bits per heavy atom. The molecule has 98 valence electrons. The fourth-order valence-electron chi connectivity index (χ4n) is 2.10. The molecule has 1 N–H and O–H groups in total. The van der Waals surface area contributed by atoms with E-state index in [0.717, 1.165) is 13.0 Å². The zero-order valence-corrected chi connectivity index (χ0v) is 12.2. The fraction of sp³-hybridized carbons (Fsp3) is 0.833. The summed E-state index contributed by atoms with van der Waals surface area (Å²) in [4.78, 5) is 0. The minimum atomic E-state index is -0.230. The van der Waals surface area contributed by atoms with Crippen LogP contribution in [0, 0.1) is 0 Å². The van der Waals surface area contributed by atoms with Crippen molar-refractivity contribution in [1.29, 1.82) is 0 Å². The van der Waals surface area contributed by atoms with Crippen LogP contribution in [0.15, 0.2) is 11.5 Å². The van der Waals surface area contributed by atoms with Crippen molar-refractivity contribution in [2.45, 2.75) is 58.3 Å². The summed E-state index contributed by atoms with van der Waals surface area (Å²) < 4.78 is 12.1. The van der Waals surface area contributed by atoms with Crippen LogP contribution in [0.3, 0.4) is 0 Å². The fourth-order valence-corrected chi connectivity index (χ4v) is 2.10. The number of hydrogen-bond acceptors (Lipinski definition) is 3. The zero-order valence-electron chi connectivity index (χ0n) is 11.4. The van der Waals surface area contributed by atoms with Gasteiger partial charge in [-0.1, -0.05) is 6.08 Å². The molecule has 3 nitrogen and oxygen atoms in total. The molecule has 0 aliphatic carbocycles. The summed E-state index contributed by atoms with van der Waals surface area (Å²) in [6.07, 6.45) is 3.24. The van der Waals surface area contributed by atoms with Crippen molar-refractivity contribution in [2.24, 2.45) is 0 Å². The monoisotopic (exact) mass is 259 g/mol. The number of halogens is 1. The molecule has 2 rings (SSSR count). The Morgan fingerprint density at radius 3 is 2.24 bits per heavy atom. The molecule has 0 radical (unpaired) electrons. The SMILES string of the molecule is C[C@@H]1C=C(B2OC(C)(C)C(C)(C)O2)CCN1.Cl. The summed E-state index contributed by atoms with van der Waals surface area (Å²) in [5.41, 5.74) is 0.823. The van der Waals surface area contributed by atoms with Crippen LogP contribution >= 0.6 is 12.4 Å². The highest BCUT2D eigenvalue weighted by atomic mass is 35.5. The first-order chi connectivity index (χ1) is 7.32. The Hall–Kier alpha value is -0.0251. The first-order valence-corrected chi connectivity index (χ1v) is 6.11. The van der Waals surface area contributed by atoms with Crippen molar-refractivity contribution in [2.75, 3.05) is 6.54 Å². The second-order valence-electron chi connectivity index (χ2n) is 5.82. The van der Waals surface area contributed by atoms with E-state index >= 15 is 0 Å². The molecular formula is C12H23BClNO2. The third-order valence-corrected chi connectivity index (χ3v) is 3.90. The first kappa shape index (κ1) is 15.0. The van der Waals surface area contributed by atoms with Gasteiger partial charge in [-0.15, -0.1) is 12.4 Å². The van der Waals surface area contributed by atoms with Gasteiger partial charge >= 0.3 is 7.12 Å². The highest BCUT2D eigenvalue weighted by Crippen LogP contribution is 2.39. The number of nitrogens with one attached hydrogen (secondary N) is 1. The van der Waals surface area contributed by atoms with Crippen molar-refractivity contribution in [3.05, 3.63) is 11.5 Å². The molecular weight excluding hydrogens is 236 g/mol. The van der Waals surface area contributed by atoms with Crippen LogP contribution in [0.4, 0.5) is 0 Å². The molecule has 0 aromatic heterocycles. The van der Waals surface area contributed by atoms with Crippen LogP contribution in [0.5, 0.6) is 0 Å². The summed E-state index contributed by atoms with van der Waals surface area (Å²) in [6.45, 7) is 11.5. The highest BCUT2D eigenvalue weighted by Gasteiger charge is 2.52. The molecule has 2 heterocycles. The van der Waals surface area contributed by atoms with Crippen LogP contribution in [-0.4, -0.2) is 30.9 Å². The minimum absolute atomic E-state index is 0. The summed E-state index contributed by atoms with van der Waals surface area (Å²) >= 11 is 0. The molecule has 1 saturated heterocycles. The molecule has 1 atom stereocenters. The van der Waals surface area contributed by atoms with Crippen molar-refractivity contribution >= 4 is 19.5 Å². The Bertz CT molecular complexity index is 302. The zero-order chi connectivity index (χ0) is 12.0. The van der Waals surface area contributed by atoms with E-state index in [1.807, 2.05) is 0 Å². The normalized spacial score (nSPS) is 30.8. The lowest BCUT2D eigenvalue weighted by Crippen LogP contribution is -2.41. The lowest BCUT2D eigenvalue weighted by Gasteiger charge is -2.32. The van der Waals surface area contributed by atoms with Gasteiger partial charge in [0.05, 0.1) is 11.2 Å². The molecule has 0 bridgehead atoms. The van der Waals surface area contributed by atoms with Gasteiger partial charge in [0.2, 0.25) is 0 Å². The first-order valence-electron chi connectivity index (χ1n) is 6.11. The molecule has 0 spiro atoms. The van der Waals surface area contributed by atoms with Crippen LogP contribution in [0.1, 0.15) is 41.0 Å². The van der Waals surface area contributed by atoms with E-state index in [1.165, 1.54) is 5.47 Å². The molecule has 0 unspecified atom stereocenters. The average Bonchev–Trinajstić information content (AvgIpc) is 2.36. The van der Waals surface area contributed by atoms with E-state index in [1.54, 1.807) is 0 Å². The number of rotatable bonds is 1. The maximum absolute atomic E-state index is 6.03. The summed E-state index contributed by atoms with van der Waals surface area (Å²) in [7, 11) is -0.158. The van der Waals surface area contributed by atoms with Gasteiger partial charge in [0.25, 0.3) is 0 Å². The van der Waals surface area contributed by atoms with E-state index in [9.17, 15) is 0 Å². The molecule has 5 heteroatoms. The topological polar surface area (TPSA) is 30.5 Å². The van der Waals surface area contributed by atoms with Gasteiger partial charge in [-0.2, -0.15) is 0 Å². The molecule has 0 aromatic carbocycles. The van der Waals surface area contributed by atoms with Crippen molar-refractivity contribution in [3.63, 3.8) is 0 Å². The summed E-state index contributed by atoms with van der Waals surface area (Å²) in [5.74, 6) is 0. The maximum atomic E-state index is 6.03. The lowest BCUT2D eigenvalue weighted by atomic mass is 9.74. The third kappa shape index (κ3) is 2.87. The molecule has 0 aromatic rings. The number of hydrogen-bond donors (Lipinski definition) is 1. The lowest BCUT2D eigenvalue weighted by molar-refractivity contribution is 0.00578. The predicted molar refractivity (Wildman–Crippen MR) is 73.5 cm³/mol. The van der Waals surface area contributed by atoms with E-state index in [4.69, 9.17) is 9.31 Å². The van der Waals surface area contributed by atoms with Gasteiger partial charge in [-0.05, 0) is 53.1 Å². The molecule has 0 saturated carbocycles. The van der Waals surface area contributed by atoms with Crippen LogP contribution in [0.25, 0.3) is 0 Å². The second-order valence-corrected chi connectivity index (χ2v) is 5.82. The highest BCUT2D eigenvalue weighted by molar-refractivity contribution is 6.54. The Morgan fingerprint density at radius 1 is 1.24 bits per heavy atom. The van der Waals surface area contributed by atoms with E-state index in [0.29, 0.717) is 6.04 Å². The van der Waals surface area contributed by atoms with Crippen LogP contribution < -0.4 is 5.32 Å².